The van der Waals surface area contributed by atoms with E-state index in [-0.39, 0.29) is 16.6 Å². The molecule has 27 heavy (non-hydrogen) atoms. The molecule has 1 N–H and O–H groups in total. The number of nitrogens with zero attached hydrogens (tertiary/aromatic N) is 3. The molecular formula is C19H20F2N4OS. The molecule has 142 valence electrons. The highest BCUT2D eigenvalue weighted by Crippen LogP contribution is 2.48. The highest BCUT2D eigenvalue weighted by Gasteiger charge is 2.35. The minimum Gasteiger partial charge on any atom is -0.312 e. The van der Waals surface area contributed by atoms with Gasteiger partial charge in [-0.15, -0.1) is 11.3 Å². The van der Waals surface area contributed by atoms with Gasteiger partial charge in [-0.25, -0.2) is 18.7 Å². The summed E-state index contributed by atoms with van der Waals surface area (Å²) >= 11 is 1.17. The van der Waals surface area contributed by atoms with E-state index in [1.54, 1.807) is 35.1 Å². The maximum atomic E-state index is 13.5. The quantitative estimate of drug-likeness (QED) is 0.657. The van der Waals surface area contributed by atoms with Crippen LogP contribution < -0.4 is 5.32 Å². The van der Waals surface area contributed by atoms with Crippen molar-refractivity contribution < 1.29 is 13.6 Å². The Morgan fingerprint density at radius 2 is 2.11 bits per heavy atom. The minimum atomic E-state index is -2.73. The Balaban J connectivity index is 1.57. The van der Waals surface area contributed by atoms with E-state index < -0.39 is 12.3 Å². The van der Waals surface area contributed by atoms with Crippen LogP contribution in [0, 0.1) is 11.8 Å². The molecule has 0 unspecified atom stereocenters. The van der Waals surface area contributed by atoms with E-state index in [0.29, 0.717) is 28.1 Å². The highest BCUT2D eigenvalue weighted by atomic mass is 32.1. The zero-order valence-electron chi connectivity index (χ0n) is 15.0. The Morgan fingerprint density at radius 3 is 2.81 bits per heavy atom. The fraction of sp³-hybridized carbons (Fsp3) is 0.421. The Labute approximate surface area is 159 Å². The van der Waals surface area contributed by atoms with Crippen molar-refractivity contribution in [3.63, 3.8) is 0 Å². The predicted molar refractivity (Wildman–Crippen MR) is 101 cm³/mol. The Hall–Kier alpha value is -2.35. The van der Waals surface area contributed by atoms with Crippen molar-refractivity contribution >= 4 is 27.9 Å². The standard InChI is InChI=1S/C19H20F2N4OS/c1-10(2)11-8-12(9-11)18-23-14(15(20)21)19(27-18)24-17(26)13-4-7-25-6-3-5-22-16(13)25/h3-7,10-12,15H,8-9H2,1-2H3,(H,24,26). The molecule has 3 heterocycles. The molecule has 0 radical (unpaired) electrons. The molecule has 0 saturated heterocycles. The zero-order valence-corrected chi connectivity index (χ0v) is 15.8. The molecule has 0 spiro atoms. The number of hydrogen-bond acceptors (Lipinski definition) is 4. The van der Waals surface area contributed by atoms with E-state index in [4.69, 9.17) is 0 Å². The number of amides is 1. The molecule has 1 saturated carbocycles. The maximum Gasteiger partial charge on any atom is 0.283 e. The molecule has 3 aromatic heterocycles. The lowest BCUT2D eigenvalue weighted by molar-refractivity contribution is 0.102. The monoisotopic (exact) mass is 390 g/mol. The second-order valence-corrected chi connectivity index (χ2v) is 8.30. The first-order chi connectivity index (χ1) is 12.9. The Morgan fingerprint density at radius 1 is 1.33 bits per heavy atom. The number of anilines is 1. The van der Waals surface area contributed by atoms with Gasteiger partial charge in [0.1, 0.15) is 16.3 Å². The Bertz CT molecular complexity index is 975. The third-order valence-electron chi connectivity index (χ3n) is 5.23. The van der Waals surface area contributed by atoms with Gasteiger partial charge in [-0.3, -0.25) is 4.79 Å². The number of aromatic nitrogens is 3. The van der Waals surface area contributed by atoms with Crippen LogP contribution in [0.2, 0.25) is 0 Å². The number of rotatable bonds is 5. The first kappa shape index (κ1) is 18.0. The van der Waals surface area contributed by atoms with Gasteiger partial charge in [-0.05, 0) is 36.8 Å². The van der Waals surface area contributed by atoms with Gasteiger partial charge >= 0.3 is 0 Å². The average molecular weight is 390 g/mol. The second kappa shape index (κ2) is 6.99. The smallest absolute Gasteiger partial charge is 0.283 e. The molecule has 1 amide bonds. The molecule has 0 aromatic carbocycles. The van der Waals surface area contributed by atoms with Gasteiger partial charge in [0, 0.05) is 24.5 Å². The summed E-state index contributed by atoms with van der Waals surface area (Å²) in [5.74, 6) is 0.959. The van der Waals surface area contributed by atoms with Crippen molar-refractivity contribution in [2.75, 3.05) is 5.32 Å². The van der Waals surface area contributed by atoms with E-state index in [1.807, 2.05) is 0 Å². The number of carbonyl (C=O) groups excluding carboxylic acids is 1. The summed E-state index contributed by atoms with van der Waals surface area (Å²) in [6.45, 7) is 4.35. The largest absolute Gasteiger partial charge is 0.312 e. The lowest BCUT2D eigenvalue weighted by Crippen LogP contribution is -2.25. The summed E-state index contributed by atoms with van der Waals surface area (Å²) in [7, 11) is 0. The van der Waals surface area contributed by atoms with Gasteiger partial charge in [-0.1, -0.05) is 13.8 Å². The highest BCUT2D eigenvalue weighted by molar-refractivity contribution is 7.16. The summed E-state index contributed by atoms with van der Waals surface area (Å²) in [6, 6.07) is 3.38. The van der Waals surface area contributed by atoms with Gasteiger partial charge in [0.15, 0.2) is 0 Å². The summed E-state index contributed by atoms with van der Waals surface area (Å²) in [6.07, 6.45) is 4.28. The molecule has 0 bridgehead atoms. The fourth-order valence-corrected chi connectivity index (χ4v) is 4.55. The van der Waals surface area contributed by atoms with Crippen LogP contribution in [0.4, 0.5) is 13.8 Å². The number of thiazole rings is 1. The third kappa shape index (κ3) is 3.34. The molecule has 0 aliphatic heterocycles. The van der Waals surface area contributed by atoms with Crippen LogP contribution in [0.3, 0.4) is 0 Å². The van der Waals surface area contributed by atoms with Crippen molar-refractivity contribution in [2.45, 2.75) is 39.0 Å². The van der Waals surface area contributed by atoms with E-state index in [9.17, 15) is 13.6 Å². The van der Waals surface area contributed by atoms with Gasteiger partial charge in [0.25, 0.3) is 12.3 Å². The minimum absolute atomic E-state index is 0.133. The fourth-order valence-electron chi connectivity index (χ4n) is 3.46. The third-order valence-corrected chi connectivity index (χ3v) is 6.38. The number of hydrogen-bond donors (Lipinski definition) is 1. The molecule has 8 heteroatoms. The molecule has 0 atom stereocenters. The molecule has 1 fully saturated rings. The van der Waals surface area contributed by atoms with Crippen molar-refractivity contribution in [3.8, 4) is 0 Å². The first-order valence-electron chi connectivity index (χ1n) is 8.95. The molecular weight excluding hydrogens is 370 g/mol. The molecule has 1 aliphatic rings. The average Bonchev–Trinajstić information content (AvgIpc) is 3.17. The first-order valence-corrected chi connectivity index (χ1v) is 9.77. The Kier molecular flexibility index (Phi) is 4.67. The van der Waals surface area contributed by atoms with Crippen LogP contribution in [0.15, 0.2) is 30.7 Å². The van der Waals surface area contributed by atoms with E-state index >= 15 is 0 Å². The van der Waals surface area contributed by atoms with E-state index in [1.165, 1.54) is 11.3 Å². The number of halogens is 2. The second-order valence-electron chi connectivity index (χ2n) is 7.27. The predicted octanol–water partition coefficient (Wildman–Crippen LogP) is 5.13. The maximum absolute atomic E-state index is 13.5. The van der Waals surface area contributed by atoms with Gasteiger partial charge in [0.05, 0.1) is 10.6 Å². The number of fused-ring (bicyclic) bond motifs is 1. The van der Waals surface area contributed by atoms with Crippen LogP contribution in [-0.4, -0.2) is 20.3 Å². The summed E-state index contributed by atoms with van der Waals surface area (Å²) in [5.41, 5.74) is 0.485. The van der Waals surface area contributed by atoms with E-state index in [0.717, 1.165) is 12.8 Å². The molecule has 4 rings (SSSR count). The van der Waals surface area contributed by atoms with Crippen LogP contribution in [0.5, 0.6) is 0 Å². The lowest BCUT2D eigenvalue weighted by atomic mass is 9.70. The van der Waals surface area contributed by atoms with Crippen molar-refractivity contribution in [1.29, 1.82) is 0 Å². The summed E-state index contributed by atoms with van der Waals surface area (Å²) < 4.78 is 28.6. The van der Waals surface area contributed by atoms with Crippen molar-refractivity contribution in [2.24, 2.45) is 11.8 Å². The van der Waals surface area contributed by atoms with Crippen LogP contribution in [0.25, 0.3) is 5.65 Å². The molecule has 5 nitrogen and oxygen atoms in total. The normalized spacial score (nSPS) is 19.6. The van der Waals surface area contributed by atoms with Gasteiger partial charge in [-0.2, -0.15) is 0 Å². The topological polar surface area (TPSA) is 59.3 Å². The van der Waals surface area contributed by atoms with Crippen molar-refractivity contribution in [3.05, 3.63) is 47.0 Å². The van der Waals surface area contributed by atoms with E-state index in [2.05, 4.69) is 29.1 Å². The zero-order chi connectivity index (χ0) is 19.1. The SMILES string of the molecule is CC(C)C1CC(c2nc(C(F)F)c(NC(=O)c3ccn4cccnc34)s2)C1. The summed E-state index contributed by atoms with van der Waals surface area (Å²) in [5, 5.41) is 3.45. The molecule has 1 aliphatic carbocycles. The van der Waals surface area contributed by atoms with Crippen LogP contribution in [-0.2, 0) is 0 Å². The van der Waals surface area contributed by atoms with Gasteiger partial charge in [0.2, 0.25) is 0 Å². The van der Waals surface area contributed by atoms with Crippen LogP contribution >= 0.6 is 11.3 Å². The number of alkyl halides is 2. The van der Waals surface area contributed by atoms with Crippen molar-refractivity contribution in [1.82, 2.24) is 14.4 Å². The molecule has 3 aromatic rings. The summed E-state index contributed by atoms with van der Waals surface area (Å²) in [4.78, 5) is 21.0. The number of carbonyl (C=O) groups is 1. The van der Waals surface area contributed by atoms with Crippen LogP contribution in [0.1, 0.15) is 60.1 Å². The number of nitrogens with one attached hydrogen (secondary N) is 1. The van der Waals surface area contributed by atoms with Gasteiger partial charge < -0.3 is 9.72 Å². The lowest BCUT2D eigenvalue weighted by Gasteiger charge is -2.36.